The molecule has 98 valence electrons. The maximum atomic E-state index is 5.86. The summed E-state index contributed by atoms with van der Waals surface area (Å²) < 4.78 is 5.86. The number of fused-ring (bicyclic) bond motifs is 1. The molecule has 2 aromatic heterocycles. The predicted octanol–water partition coefficient (Wildman–Crippen LogP) is 5.29. The average molecular weight is 271 g/mol. The van der Waals surface area contributed by atoms with Gasteiger partial charge in [-0.2, -0.15) is 0 Å². The highest BCUT2D eigenvalue weighted by Crippen LogP contribution is 2.32. The van der Waals surface area contributed by atoms with E-state index in [0.29, 0.717) is 0 Å². The van der Waals surface area contributed by atoms with Gasteiger partial charge in [0.2, 0.25) is 5.89 Å². The van der Waals surface area contributed by atoms with Crippen LogP contribution in [0, 0.1) is 0 Å². The molecule has 0 radical (unpaired) electrons. The number of nitrogens with zero attached hydrogens (tertiary/aromatic N) is 1. The van der Waals surface area contributed by atoms with Crippen LogP contribution in [0.5, 0.6) is 0 Å². The van der Waals surface area contributed by atoms with Crippen LogP contribution >= 0.6 is 11.3 Å². The first kappa shape index (κ1) is 12.4. The molecule has 0 aliphatic heterocycles. The van der Waals surface area contributed by atoms with Crippen molar-refractivity contribution >= 4 is 22.4 Å². The average Bonchev–Trinajstić information content (AvgIpc) is 3.04. The molecule has 19 heavy (non-hydrogen) atoms. The van der Waals surface area contributed by atoms with E-state index in [4.69, 9.17) is 4.42 Å². The molecular formula is C16H17NOS. The van der Waals surface area contributed by atoms with E-state index in [1.807, 2.05) is 24.3 Å². The van der Waals surface area contributed by atoms with E-state index in [1.54, 1.807) is 11.3 Å². The number of oxazole rings is 1. The highest BCUT2D eigenvalue weighted by Gasteiger charge is 2.13. The van der Waals surface area contributed by atoms with Crippen LogP contribution in [0.1, 0.15) is 31.7 Å². The lowest BCUT2D eigenvalue weighted by Crippen LogP contribution is -1.85. The lowest BCUT2D eigenvalue weighted by atomic mass is 10.1. The number of para-hydroxylation sites is 2. The molecule has 0 saturated heterocycles. The van der Waals surface area contributed by atoms with Gasteiger partial charge in [-0.3, -0.25) is 0 Å². The number of hydrogen-bond donors (Lipinski definition) is 0. The van der Waals surface area contributed by atoms with Crippen LogP contribution in [0.4, 0.5) is 0 Å². The van der Waals surface area contributed by atoms with Crippen molar-refractivity contribution in [3.63, 3.8) is 0 Å². The van der Waals surface area contributed by atoms with Gasteiger partial charge in [-0.15, -0.1) is 11.3 Å². The molecule has 2 nitrogen and oxygen atoms in total. The van der Waals surface area contributed by atoms with Crippen LogP contribution in [0.25, 0.3) is 21.9 Å². The third-order valence-corrected chi connectivity index (χ3v) is 4.23. The minimum Gasteiger partial charge on any atom is -0.435 e. The van der Waals surface area contributed by atoms with Crippen molar-refractivity contribution in [2.24, 2.45) is 0 Å². The fourth-order valence-corrected chi connectivity index (χ4v) is 3.13. The van der Waals surface area contributed by atoms with E-state index >= 15 is 0 Å². The Balaban J connectivity index is 1.91. The second kappa shape index (κ2) is 5.57. The van der Waals surface area contributed by atoms with Gasteiger partial charge in [-0.25, -0.2) is 4.98 Å². The molecule has 3 aromatic rings. The van der Waals surface area contributed by atoms with Crippen LogP contribution in [0.15, 0.2) is 40.1 Å². The summed E-state index contributed by atoms with van der Waals surface area (Å²) >= 11 is 1.72. The lowest BCUT2D eigenvalue weighted by molar-refractivity contribution is 0.620. The second-order valence-corrected chi connectivity index (χ2v) is 5.63. The first-order valence-corrected chi connectivity index (χ1v) is 7.68. The fourth-order valence-electron chi connectivity index (χ4n) is 2.25. The van der Waals surface area contributed by atoms with Gasteiger partial charge in [0.15, 0.2) is 5.58 Å². The van der Waals surface area contributed by atoms with Crippen molar-refractivity contribution in [3.8, 4) is 10.8 Å². The van der Waals surface area contributed by atoms with E-state index in [2.05, 4.69) is 23.4 Å². The molecule has 0 atom stereocenters. The van der Waals surface area contributed by atoms with Gasteiger partial charge >= 0.3 is 0 Å². The van der Waals surface area contributed by atoms with Crippen molar-refractivity contribution in [2.45, 2.75) is 32.6 Å². The molecule has 0 amide bonds. The summed E-state index contributed by atoms with van der Waals surface area (Å²) in [6.45, 7) is 2.23. The van der Waals surface area contributed by atoms with Crippen molar-refractivity contribution in [1.82, 2.24) is 4.98 Å². The van der Waals surface area contributed by atoms with Crippen molar-refractivity contribution in [2.75, 3.05) is 0 Å². The number of benzene rings is 1. The van der Waals surface area contributed by atoms with E-state index < -0.39 is 0 Å². The summed E-state index contributed by atoms with van der Waals surface area (Å²) in [5.41, 5.74) is 3.17. The Morgan fingerprint density at radius 2 is 2.05 bits per heavy atom. The highest BCUT2D eigenvalue weighted by atomic mass is 32.1. The SMILES string of the molecule is CCCCCc1ccsc1-c1nc2ccccc2o1. The Kier molecular flexibility index (Phi) is 3.65. The summed E-state index contributed by atoms with van der Waals surface area (Å²) in [4.78, 5) is 5.78. The number of unbranched alkanes of at least 4 members (excludes halogenated alkanes) is 2. The fraction of sp³-hybridized carbons (Fsp3) is 0.312. The van der Waals surface area contributed by atoms with Crippen LogP contribution in [-0.4, -0.2) is 4.98 Å². The van der Waals surface area contributed by atoms with E-state index in [9.17, 15) is 0 Å². The zero-order valence-electron chi connectivity index (χ0n) is 11.1. The summed E-state index contributed by atoms with van der Waals surface area (Å²) in [5.74, 6) is 0.766. The summed E-state index contributed by atoms with van der Waals surface area (Å²) in [6, 6.07) is 10.1. The van der Waals surface area contributed by atoms with Crippen LogP contribution < -0.4 is 0 Å². The number of thiophene rings is 1. The van der Waals surface area contributed by atoms with Crippen molar-refractivity contribution in [3.05, 3.63) is 41.3 Å². The summed E-state index contributed by atoms with van der Waals surface area (Å²) in [6.07, 6.45) is 4.89. The smallest absolute Gasteiger partial charge is 0.237 e. The van der Waals surface area contributed by atoms with E-state index in [-0.39, 0.29) is 0 Å². The third-order valence-electron chi connectivity index (χ3n) is 3.28. The van der Waals surface area contributed by atoms with Crippen LogP contribution in [0.2, 0.25) is 0 Å². The Bertz CT molecular complexity index is 635. The van der Waals surface area contributed by atoms with Crippen LogP contribution in [-0.2, 0) is 6.42 Å². The molecule has 0 fully saturated rings. The molecule has 3 rings (SSSR count). The maximum Gasteiger partial charge on any atom is 0.237 e. The minimum absolute atomic E-state index is 0.766. The van der Waals surface area contributed by atoms with Gasteiger partial charge in [0, 0.05) is 0 Å². The van der Waals surface area contributed by atoms with Crippen molar-refractivity contribution < 1.29 is 4.42 Å². The zero-order valence-corrected chi connectivity index (χ0v) is 11.9. The largest absolute Gasteiger partial charge is 0.435 e. The number of rotatable bonds is 5. The van der Waals surface area contributed by atoms with E-state index in [0.717, 1.165) is 23.4 Å². The van der Waals surface area contributed by atoms with Gasteiger partial charge in [0.25, 0.3) is 0 Å². The monoisotopic (exact) mass is 271 g/mol. The molecule has 0 unspecified atom stereocenters. The molecule has 0 aliphatic carbocycles. The quantitative estimate of drug-likeness (QED) is 0.589. The Morgan fingerprint density at radius 3 is 2.89 bits per heavy atom. The first-order chi connectivity index (χ1) is 9.38. The maximum absolute atomic E-state index is 5.86. The molecule has 3 heteroatoms. The Morgan fingerprint density at radius 1 is 1.16 bits per heavy atom. The Hall–Kier alpha value is -1.61. The Labute approximate surface area is 117 Å². The second-order valence-electron chi connectivity index (χ2n) is 4.72. The van der Waals surface area contributed by atoms with Crippen LogP contribution in [0.3, 0.4) is 0 Å². The lowest BCUT2D eigenvalue weighted by Gasteiger charge is -1.99. The van der Waals surface area contributed by atoms with E-state index in [1.165, 1.54) is 29.7 Å². The van der Waals surface area contributed by atoms with Gasteiger partial charge in [0.1, 0.15) is 5.52 Å². The summed E-state index contributed by atoms with van der Waals surface area (Å²) in [5, 5.41) is 2.13. The van der Waals surface area contributed by atoms with Gasteiger partial charge in [-0.05, 0) is 42.0 Å². The molecule has 0 spiro atoms. The third kappa shape index (κ3) is 2.56. The van der Waals surface area contributed by atoms with Crippen molar-refractivity contribution in [1.29, 1.82) is 0 Å². The molecule has 0 saturated carbocycles. The van der Waals surface area contributed by atoms with Gasteiger partial charge in [-0.1, -0.05) is 31.9 Å². The predicted molar refractivity (Wildman–Crippen MR) is 80.6 cm³/mol. The number of aromatic nitrogens is 1. The summed E-state index contributed by atoms with van der Waals surface area (Å²) in [7, 11) is 0. The first-order valence-electron chi connectivity index (χ1n) is 6.81. The highest BCUT2D eigenvalue weighted by molar-refractivity contribution is 7.13. The molecule has 0 bridgehead atoms. The topological polar surface area (TPSA) is 26.0 Å². The minimum atomic E-state index is 0.766. The molecule has 1 aromatic carbocycles. The standard InChI is InChI=1S/C16H17NOS/c1-2-3-4-7-12-10-11-19-15(12)16-17-13-8-5-6-9-14(13)18-16/h5-6,8-11H,2-4,7H2,1H3. The molecule has 0 aliphatic rings. The normalized spacial score (nSPS) is 11.2. The number of aryl methyl sites for hydroxylation is 1. The molecular weight excluding hydrogens is 254 g/mol. The van der Waals surface area contributed by atoms with Gasteiger partial charge in [0.05, 0.1) is 4.88 Å². The number of hydrogen-bond acceptors (Lipinski definition) is 3. The van der Waals surface area contributed by atoms with Gasteiger partial charge < -0.3 is 4.42 Å². The zero-order chi connectivity index (χ0) is 13.1. The molecule has 2 heterocycles. The molecule has 0 N–H and O–H groups in total.